The topological polar surface area (TPSA) is 103 Å². The third-order valence-corrected chi connectivity index (χ3v) is 4.75. The normalized spacial score (nSPS) is 16.0. The van der Waals surface area contributed by atoms with Crippen LogP contribution < -0.4 is 9.03 Å². The summed E-state index contributed by atoms with van der Waals surface area (Å²) in [6, 6.07) is 8.62. The van der Waals surface area contributed by atoms with Crippen LogP contribution in [-0.4, -0.2) is 23.6 Å². The number of phenolic OH excluding ortho intramolecular Hbond substituents is 1. The Morgan fingerprint density at radius 2 is 1.74 bits per heavy atom. The van der Waals surface area contributed by atoms with Crippen molar-refractivity contribution in [1.82, 2.24) is 9.71 Å². The van der Waals surface area contributed by atoms with Gasteiger partial charge in [-0.25, -0.2) is 9.03 Å². The van der Waals surface area contributed by atoms with Crippen LogP contribution in [0, 0.1) is 0 Å². The average Bonchev–Trinajstić information content (AvgIpc) is 2.79. The number of pyridine rings is 1. The van der Waals surface area contributed by atoms with Gasteiger partial charge in [-0.15, -0.1) is 0 Å². The van der Waals surface area contributed by atoms with Crippen LogP contribution in [0.2, 0.25) is 0 Å². The molecule has 0 atom stereocenters. The Bertz CT molecular complexity index is 850. The van der Waals surface area contributed by atoms with E-state index in [1.165, 1.54) is 12.1 Å². The summed E-state index contributed by atoms with van der Waals surface area (Å²) in [5, 5.41) is 19.4. The Hall–Kier alpha value is -2.74. The fraction of sp³-hybridized carbons (Fsp3) is 0.133. The Balaban J connectivity index is 1.79. The number of aliphatic hydroxyl groups is 1. The molecule has 0 amide bonds. The fourth-order valence-corrected chi connectivity index (χ4v) is 3.40. The van der Waals surface area contributed by atoms with Crippen molar-refractivity contribution in [3.8, 4) is 5.75 Å². The molecule has 0 aliphatic carbocycles. The maximum Gasteiger partial charge on any atom is 0.330 e. The highest BCUT2D eigenvalue weighted by Crippen LogP contribution is 2.32. The molecule has 0 spiro atoms. The van der Waals surface area contributed by atoms with Gasteiger partial charge < -0.3 is 10.2 Å². The van der Waals surface area contributed by atoms with Gasteiger partial charge in [-0.3, -0.25) is 4.98 Å². The molecule has 1 aromatic carbocycles. The van der Waals surface area contributed by atoms with Crippen molar-refractivity contribution < 1.29 is 18.6 Å². The van der Waals surface area contributed by atoms with Crippen LogP contribution in [0.3, 0.4) is 0 Å². The van der Waals surface area contributed by atoms with Crippen molar-refractivity contribution in [2.45, 2.75) is 12.8 Å². The average molecular weight is 333 g/mol. The predicted molar refractivity (Wildman–Crippen MR) is 85.0 cm³/mol. The summed E-state index contributed by atoms with van der Waals surface area (Å²) < 4.78 is 26.3. The summed E-state index contributed by atoms with van der Waals surface area (Å²) in [4.78, 5) is 3.96. The molecular formula is C15H15N3O4S. The number of aromatic nitrogens is 1. The highest BCUT2D eigenvalue weighted by molar-refractivity contribution is 7.91. The van der Waals surface area contributed by atoms with Gasteiger partial charge in [0.2, 0.25) is 5.88 Å². The van der Waals surface area contributed by atoms with E-state index in [9.17, 15) is 18.6 Å². The molecule has 3 N–H and O–H groups in total. The predicted octanol–water partition coefficient (Wildman–Crippen LogP) is 1.58. The molecule has 2 heterocycles. The highest BCUT2D eigenvalue weighted by Gasteiger charge is 2.30. The SMILES string of the molecule is O=S1(=O)NC(O)=CN1c1ccc(CCc2ccncc2)cc1O. The first kappa shape index (κ1) is 15.2. The zero-order valence-electron chi connectivity index (χ0n) is 12.0. The van der Waals surface area contributed by atoms with Crippen LogP contribution >= 0.6 is 0 Å². The first-order valence-corrected chi connectivity index (χ1v) is 8.33. The van der Waals surface area contributed by atoms with Crippen molar-refractivity contribution in [3.63, 3.8) is 0 Å². The number of aryl methyl sites for hydroxylation is 2. The van der Waals surface area contributed by atoms with Crippen molar-refractivity contribution >= 4 is 15.9 Å². The van der Waals surface area contributed by atoms with Gasteiger partial charge in [0.05, 0.1) is 6.20 Å². The molecule has 0 bridgehead atoms. The van der Waals surface area contributed by atoms with Crippen molar-refractivity contribution in [1.29, 1.82) is 0 Å². The molecule has 0 saturated carbocycles. The summed E-state index contributed by atoms with van der Waals surface area (Å²) in [5.41, 5.74) is 2.08. The third-order valence-electron chi connectivity index (χ3n) is 3.46. The summed E-state index contributed by atoms with van der Waals surface area (Å²) in [5.74, 6) is -0.667. The minimum absolute atomic E-state index is 0.0780. The molecule has 2 aromatic rings. The smallest absolute Gasteiger partial charge is 0.330 e. The molecule has 3 rings (SSSR count). The molecule has 0 fully saturated rings. The molecule has 1 aliphatic rings. The van der Waals surface area contributed by atoms with E-state index in [0.717, 1.165) is 28.1 Å². The van der Waals surface area contributed by atoms with E-state index in [0.29, 0.717) is 6.42 Å². The number of hydrogen-bond donors (Lipinski definition) is 3. The zero-order valence-corrected chi connectivity index (χ0v) is 12.9. The second-order valence-electron chi connectivity index (χ2n) is 5.10. The van der Waals surface area contributed by atoms with Gasteiger partial charge in [0.1, 0.15) is 11.4 Å². The zero-order chi connectivity index (χ0) is 16.4. The number of rotatable bonds is 4. The van der Waals surface area contributed by atoms with E-state index in [1.807, 2.05) is 16.9 Å². The third kappa shape index (κ3) is 3.21. The summed E-state index contributed by atoms with van der Waals surface area (Å²) in [7, 11) is -3.91. The number of nitrogens with one attached hydrogen (secondary N) is 1. The van der Waals surface area contributed by atoms with Gasteiger partial charge in [-0.2, -0.15) is 8.42 Å². The standard InChI is InChI=1S/C15H15N3O4S/c19-14-9-12(2-1-11-5-7-16-8-6-11)3-4-13(14)18-10-15(20)17-23(18,21)22/h3-10,17,19-20H,1-2H2. The lowest BCUT2D eigenvalue weighted by Gasteiger charge is -2.16. The molecule has 1 aliphatic heterocycles. The Labute approximate surface area is 133 Å². The Morgan fingerprint density at radius 3 is 2.35 bits per heavy atom. The summed E-state index contributed by atoms with van der Waals surface area (Å²) >= 11 is 0. The summed E-state index contributed by atoms with van der Waals surface area (Å²) in [6.45, 7) is 0. The van der Waals surface area contributed by atoms with Crippen LogP contribution in [0.5, 0.6) is 5.75 Å². The lowest BCUT2D eigenvalue weighted by Crippen LogP contribution is -2.29. The number of benzene rings is 1. The van der Waals surface area contributed by atoms with Gasteiger partial charge in [-0.1, -0.05) is 6.07 Å². The molecular weight excluding hydrogens is 318 g/mol. The van der Waals surface area contributed by atoms with Crippen LogP contribution in [0.1, 0.15) is 11.1 Å². The number of phenols is 1. The van der Waals surface area contributed by atoms with Gasteiger partial charge >= 0.3 is 10.2 Å². The maximum absolute atomic E-state index is 11.8. The van der Waals surface area contributed by atoms with Gasteiger partial charge in [-0.05, 0) is 48.2 Å². The van der Waals surface area contributed by atoms with E-state index in [4.69, 9.17) is 0 Å². The highest BCUT2D eigenvalue weighted by atomic mass is 32.2. The monoisotopic (exact) mass is 333 g/mol. The molecule has 7 nitrogen and oxygen atoms in total. The lowest BCUT2D eigenvalue weighted by molar-refractivity contribution is 0.392. The van der Waals surface area contributed by atoms with E-state index < -0.39 is 16.1 Å². The first-order valence-electron chi connectivity index (χ1n) is 6.89. The van der Waals surface area contributed by atoms with Gasteiger partial charge in [0.15, 0.2) is 0 Å². The van der Waals surface area contributed by atoms with Crippen LogP contribution in [0.15, 0.2) is 54.8 Å². The molecule has 1 aromatic heterocycles. The van der Waals surface area contributed by atoms with E-state index in [1.54, 1.807) is 18.5 Å². The van der Waals surface area contributed by atoms with Crippen molar-refractivity contribution in [3.05, 3.63) is 65.9 Å². The number of nitrogens with zero attached hydrogens (tertiary/aromatic N) is 2. The second-order valence-corrected chi connectivity index (χ2v) is 6.64. The van der Waals surface area contributed by atoms with Gasteiger partial charge in [0, 0.05) is 12.4 Å². The first-order chi connectivity index (χ1) is 11.0. The molecule has 0 unspecified atom stereocenters. The van der Waals surface area contributed by atoms with E-state index in [2.05, 4.69) is 4.98 Å². The van der Waals surface area contributed by atoms with Crippen molar-refractivity contribution in [2.24, 2.45) is 0 Å². The van der Waals surface area contributed by atoms with E-state index >= 15 is 0 Å². The maximum atomic E-state index is 11.8. The molecule has 23 heavy (non-hydrogen) atoms. The van der Waals surface area contributed by atoms with Crippen LogP contribution in [0.25, 0.3) is 0 Å². The second kappa shape index (κ2) is 5.81. The Morgan fingerprint density at radius 1 is 1.04 bits per heavy atom. The van der Waals surface area contributed by atoms with Crippen LogP contribution in [-0.2, 0) is 23.1 Å². The minimum Gasteiger partial charge on any atom is -0.506 e. The number of hydrogen-bond acceptors (Lipinski definition) is 5. The van der Waals surface area contributed by atoms with Gasteiger partial charge in [0.25, 0.3) is 0 Å². The molecule has 0 radical (unpaired) electrons. The van der Waals surface area contributed by atoms with Crippen molar-refractivity contribution in [2.75, 3.05) is 4.31 Å². The summed E-state index contributed by atoms with van der Waals surface area (Å²) in [6.07, 6.45) is 5.93. The number of anilines is 1. The largest absolute Gasteiger partial charge is 0.506 e. The molecule has 120 valence electrons. The minimum atomic E-state index is -3.91. The quantitative estimate of drug-likeness (QED) is 0.788. The van der Waals surface area contributed by atoms with E-state index in [-0.39, 0.29) is 11.4 Å². The van der Waals surface area contributed by atoms with Crippen LogP contribution in [0.4, 0.5) is 5.69 Å². The lowest BCUT2D eigenvalue weighted by atomic mass is 10.0. The molecule has 8 heteroatoms. The molecule has 0 saturated heterocycles. The Kier molecular flexibility index (Phi) is 3.83. The fourth-order valence-electron chi connectivity index (χ4n) is 2.34. The number of aliphatic hydroxyl groups excluding tert-OH is 1. The number of aromatic hydroxyl groups is 1.